The molecule has 3 N–H and O–H groups in total. The number of hydrogen-bond donors (Lipinski definition) is 3. The van der Waals surface area contributed by atoms with Crippen molar-refractivity contribution in [3.05, 3.63) is 65.7 Å². The fourth-order valence-corrected chi connectivity index (χ4v) is 1.46. The Morgan fingerprint density at radius 3 is 1.74 bits per heavy atom. The molecule has 5 nitrogen and oxygen atoms in total. The summed E-state index contributed by atoms with van der Waals surface area (Å²) in [6, 6.07) is 14.3. The number of aromatic hydroxyl groups is 1. The lowest BCUT2D eigenvalue weighted by atomic mass is 10.2. The first kappa shape index (κ1) is 12.6. The molecule has 2 rings (SSSR count). The van der Waals surface area contributed by atoms with E-state index in [9.17, 15) is 9.59 Å². The number of benzene rings is 2. The fraction of sp³-hybridized carbons (Fsp3) is 0. The second kappa shape index (κ2) is 5.68. The first-order chi connectivity index (χ1) is 9.16. The van der Waals surface area contributed by atoms with E-state index in [2.05, 4.69) is 10.9 Å². The standard InChI is InChI=1S/C14H12N2O3/c17-12-8-6-11(7-9-12)14(19)16-15-13(18)10-4-2-1-3-5-10/h1-9,17H,(H,15,18)(H,16,19). The zero-order valence-electron chi connectivity index (χ0n) is 9.96. The molecular weight excluding hydrogens is 244 g/mol. The molecule has 0 bridgehead atoms. The number of phenolic OH excluding ortho intramolecular Hbond substituents is 1. The molecule has 19 heavy (non-hydrogen) atoms. The number of hydrazine groups is 1. The number of amides is 2. The van der Waals surface area contributed by atoms with Gasteiger partial charge in [0.05, 0.1) is 0 Å². The maximum atomic E-state index is 11.7. The predicted molar refractivity (Wildman–Crippen MR) is 69.5 cm³/mol. The fourth-order valence-electron chi connectivity index (χ4n) is 1.46. The van der Waals surface area contributed by atoms with E-state index in [0.717, 1.165) is 0 Å². The van der Waals surface area contributed by atoms with E-state index in [4.69, 9.17) is 5.11 Å². The molecule has 96 valence electrons. The van der Waals surface area contributed by atoms with E-state index in [1.165, 1.54) is 24.3 Å². The third-order valence-electron chi connectivity index (χ3n) is 2.46. The van der Waals surface area contributed by atoms with E-state index in [1.807, 2.05) is 0 Å². The van der Waals surface area contributed by atoms with Crippen LogP contribution in [0.3, 0.4) is 0 Å². The molecule has 2 amide bonds. The van der Waals surface area contributed by atoms with Gasteiger partial charge in [0, 0.05) is 11.1 Å². The van der Waals surface area contributed by atoms with Gasteiger partial charge in [0.2, 0.25) is 0 Å². The summed E-state index contributed by atoms with van der Waals surface area (Å²) in [5.74, 6) is -0.776. The largest absolute Gasteiger partial charge is 0.508 e. The number of phenols is 1. The lowest BCUT2D eigenvalue weighted by Gasteiger charge is -2.07. The van der Waals surface area contributed by atoms with Crippen molar-refractivity contribution in [3.63, 3.8) is 0 Å². The molecule has 0 saturated heterocycles. The van der Waals surface area contributed by atoms with Crippen molar-refractivity contribution in [3.8, 4) is 5.75 Å². The monoisotopic (exact) mass is 256 g/mol. The molecule has 5 heteroatoms. The molecule has 0 saturated carbocycles. The van der Waals surface area contributed by atoms with Crippen LogP contribution in [-0.2, 0) is 0 Å². The molecular formula is C14H12N2O3. The number of carbonyl (C=O) groups is 2. The van der Waals surface area contributed by atoms with Gasteiger partial charge in [0.25, 0.3) is 11.8 Å². The molecule has 0 spiro atoms. The van der Waals surface area contributed by atoms with Crippen LogP contribution in [0.1, 0.15) is 20.7 Å². The normalized spacial score (nSPS) is 9.68. The SMILES string of the molecule is O=C(NNC(=O)c1ccc(O)cc1)c1ccccc1. The van der Waals surface area contributed by atoms with Crippen molar-refractivity contribution in [1.82, 2.24) is 10.9 Å². The van der Waals surface area contributed by atoms with Gasteiger partial charge < -0.3 is 5.11 Å². The van der Waals surface area contributed by atoms with Crippen molar-refractivity contribution in [2.75, 3.05) is 0 Å². The summed E-state index contributed by atoms with van der Waals surface area (Å²) in [4.78, 5) is 23.4. The molecule has 0 aliphatic carbocycles. The van der Waals surface area contributed by atoms with Crippen LogP contribution >= 0.6 is 0 Å². The summed E-state index contributed by atoms with van der Waals surface area (Å²) in [5.41, 5.74) is 5.40. The van der Waals surface area contributed by atoms with Gasteiger partial charge in [-0.3, -0.25) is 20.4 Å². The minimum atomic E-state index is -0.454. The second-order valence-electron chi connectivity index (χ2n) is 3.82. The summed E-state index contributed by atoms with van der Waals surface area (Å²) in [6.45, 7) is 0. The first-order valence-corrected chi connectivity index (χ1v) is 5.61. The van der Waals surface area contributed by atoms with Crippen LogP contribution in [0.25, 0.3) is 0 Å². The van der Waals surface area contributed by atoms with Crippen LogP contribution in [0.5, 0.6) is 5.75 Å². The van der Waals surface area contributed by atoms with E-state index in [-0.39, 0.29) is 5.75 Å². The third-order valence-corrected chi connectivity index (χ3v) is 2.46. The number of nitrogens with one attached hydrogen (secondary N) is 2. The van der Waals surface area contributed by atoms with Crippen molar-refractivity contribution >= 4 is 11.8 Å². The second-order valence-corrected chi connectivity index (χ2v) is 3.82. The minimum Gasteiger partial charge on any atom is -0.508 e. The van der Waals surface area contributed by atoms with E-state index in [0.29, 0.717) is 11.1 Å². The van der Waals surface area contributed by atoms with Gasteiger partial charge in [-0.2, -0.15) is 0 Å². The van der Waals surface area contributed by atoms with Gasteiger partial charge >= 0.3 is 0 Å². The molecule has 0 heterocycles. The smallest absolute Gasteiger partial charge is 0.269 e. The van der Waals surface area contributed by atoms with Crippen LogP contribution in [0.15, 0.2) is 54.6 Å². The van der Waals surface area contributed by atoms with Gasteiger partial charge in [-0.05, 0) is 36.4 Å². The first-order valence-electron chi connectivity index (χ1n) is 5.61. The average Bonchev–Trinajstić information content (AvgIpc) is 2.46. The van der Waals surface area contributed by atoms with E-state index in [1.54, 1.807) is 30.3 Å². The molecule has 2 aromatic carbocycles. The van der Waals surface area contributed by atoms with Gasteiger partial charge in [0.15, 0.2) is 0 Å². The Balaban J connectivity index is 1.94. The molecule has 0 unspecified atom stereocenters. The van der Waals surface area contributed by atoms with E-state index < -0.39 is 11.8 Å². The highest BCUT2D eigenvalue weighted by atomic mass is 16.3. The maximum Gasteiger partial charge on any atom is 0.269 e. The number of hydrogen-bond acceptors (Lipinski definition) is 3. The van der Waals surface area contributed by atoms with E-state index >= 15 is 0 Å². The van der Waals surface area contributed by atoms with Gasteiger partial charge in [0.1, 0.15) is 5.75 Å². The summed E-state index contributed by atoms with van der Waals surface area (Å²) >= 11 is 0. The van der Waals surface area contributed by atoms with Crippen LogP contribution in [0, 0.1) is 0 Å². The summed E-state index contributed by atoms with van der Waals surface area (Å²) in [5, 5.41) is 9.10. The Bertz CT molecular complexity index is 579. The minimum absolute atomic E-state index is 0.0740. The quantitative estimate of drug-likeness (QED) is 0.712. The highest BCUT2D eigenvalue weighted by Gasteiger charge is 2.08. The Hall–Kier alpha value is -2.82. The zero-order chi connectivity index (χ0) is 13.7. The molecule has 0 aromatic heterocycles. The highest BCUT2D eigenvalue weighted by molar-refractivity contribution is 5.99. The summed E-state index contributed by atoms with van der Waals surface area (Å²) in [6.07, 6.45) is 0. The topological polar surface area (TPSA) is 78.4 Å². The average molecular weight is 256 g/mol. The molecule has 2 aromatic rings. The predicted octanol–water partition coefficient (Wildman–Crippen LogP) is 1.47. The maximum absolute atomic E-state index is 11.7. The third kappa shape index (κ3) is 3.32. The number of carbonyl (C=O) groups excluding carboxylic acids is 2. The Kier molecular flexibility index (Phi) is 3.78. The van der Waals surface area contributed by atoms with Crippen molar-refractivity contribution < 1.29 is 14.7 Å². The van der Waals surface area contributed by atoms with Crippen molar-refractivity contribution in [1.29, 1.82) is 0 Å². The van der Waals surface area contributed by atoms with Gasteiger partial charge in [-0.1, -0.05) is 18.2 Å². The summed E-state index contributed by atoms with van der Waals surface area (Å²) < 4.78 is 0. The zero-order valence-corrected chi connectivity index (χ0v) is 9.96. The molecule has 0 aliphatic rings. The lowest BCUT2D eigenvalue weighted by molar-refractivity contribution is 0.0846. The molecule has 0 radical (unpaired) electrons. The van der Waals surface area contributed by atoms with Gasteiger partial charge in [-0.25, -0.2) is 0 Å². The Labute approximate surface area is 109 Å². The van der Waals surface area contributed by atoms with Crippen LogP contribution in [0.2, 0.25) is 0 Å². The van der Waals surface area contributed by atoms with Crippen LogP contribution in [0.4, 0.5) is 0 Å². The molecule has 0 aliphatic heterocycles. The van der Waals surface area contributed by atoms with Crippen LogP contribution in [-0.4, -0.2) is 16.9 Å². The molecule has 0 atom stereocenters. The van der Waals surface area contributed by atoms with Crippen LogP contribution < -0.4 is 10.9 Å². The lowest BCUT2D eigenvalue weighted by Crippen LogP contribution is -2.41. The Morgan fingerprint density at radius 2 is 1.21 bits per heavy atom. The van der Waals surface area contributed by atoms with Crippen molar-refractivity contribution in [2.45, 2.75) is 0 Å². The summed E-state index contributed by atoms with van der Waals surface area (Å²) in [7, 11) is 0. The Morgan fingerprint density at radius 1 is 0.737 bits per heavy atom. The van der Waals surface area contributed by atoms with Gasteiger partial charge in [-0.15, -0.1) is 0 Å². The number of rotatable bonds is 2. The van der Waals surface area contributed by atoms with Crippen molar-refractivity contribution in [2.24, 2.45) is 0 Å². The molecule has 0 fully saturated rings. The highest BCUT2D eigenvalue weighted by Crippen LogP contribution is 2.09.